The summed E-state index contributed by atoms with van der Waals surface area (Å²) in [6.45, 7) is 0. The van der Waals surface area contributed by atoms with Gasteiger partial charge >= 0.3 is 0 Å². The fraction of sp³-hybridized carbons (Fsp3) is 0.125. The maximum Gasteiger partial charge on any atom is 0.258 e. The van der Waals surface area contributed by atoms with Crippen LogP contribution in [0.5, 0.6) is 0 Å². The van der Waals surface area contributed by atoms with Crippen LogP contribution < -0.4 is 5.56 Å². The maximum absolute atomic E-state index is 12.8. The molecule has 0 bridgehead atoms. The second-order valence-electron chi connectivity index (χ2n) is 5.09. The van der Waals surface area contributed by atoms with Gasteiger partial charge in [0.15, 0.2) is 11.1 Å². The van der Waals surface area contributed by atoms with Gasteiger partial charge in [-0.25, -0.2) is 15.0 Å². The van der Waals surface area contributed by atoms with Crippen molar-refractivity contribution in [1.29, 1.82) is 5.26 Å². The normalized spacial score (nSPS) is 11.9. The Morgan fingerprint density at radius 2 is 2.19 bits per heavy atom. The van der Waals surface area contributed by atoms with Gasteiger partial charge in [0.25, 0.3) is 5.56 Å². The highest BCUT2D eigenvalue weighted by molar-refractivity contribution is 9.10. The van der Waals surface area contributed by atoms with Crippen LogP contribution in [0.1, 0.15) is 22.2 Å². The van der Waals surface area contributed by atoms with Gasteiger partial charge in [-0.05, 0) is 24.5 Å². The lowest BCUT2D eigenvalue weighted by Crippen LogP contribution is -2.21. The molecule has 0 aliphatic carbocycles. The third-order valence-electron chi connectivity index (χ3n) is 3.49. The van der Waals surface area contributed by atoms with Gasteiger partial charge < -0.3 is 4.98 Å². The maximum atomic E-state index is 12.8. The zero-order chi connectivity index (χ0) is 18.8. The average molecular weight is 451 g/mol. The number of thioether (sulfide) groups is 1. The summed E-state index contributed by atoms with van der Waals surface area (Å²) in [5.74, 6) is -2.06. The number of H-pyrrole nitrogens is 1. The van der Waals surface area contributed by atoms with E-state index in [1.807, 2.05) is 6.07 Å². The summed E-state index contributed by atoms with van der Waals surface area (Å²) in [5.41, 5.74) is -0.160. The molecule has 0 unspecified atom stereocenters. The van der Waals surface area contributed by atoms with Crippen LogP contribution in [0, 0.1) is 11.3 Å². The summed E-state index contributed by atoms with van der Waals surface area (Å²) in [4.78, 5) is 39.9. The molecule has 0 spiro atoms. The molecule has 10 heteroatoms. The van der Waals surface area contributed by atoms with Gasteiger partial charge in [0.05, 0.1) is 28.2 Å². The number of hydrogen-bond donors (Lipinski definition) is 1. The number of nitrogens with zero attached hydrogens (tertiary/aromatic N) is 4. The van der Waals surface area contributed by atoms with Gasteiger partial charge in [0.1, 0.15) is 11.5 Å². The van der Waals surface area contributed by atoms with Crippen LogP contribution in [0.2, 0.25) is 5.02 Å². The predicted octanol–water partition coefficient (Wildman–Crippen LogP) is 3.34. The van der Waals surface area contributed by atoms with Crippen LogP contribution in [0.4, 0.5) is 0 Å². The van der Waals surface area contributed by atoms with Crippen molar-refractivity contribution in [2.75, 3.05) is 6.26 Å². The molecule has 0 fully saturated rings. The fourth-order valence-electron chi connectivity index (χ4n) is 2.27. The minimum absolute atomic E-state index is 0.0279. The number of Topliss-reactive ketones (excluding diaryl/α,β-unsaturated/α-hetero) is 1. The molecule has 3 aromatic rings. The first-order chi connectivity index (χ1) is 12.4. The van der Waals surface area contributed by atoms with Crippen molar-refractivity contribution in [2.24, 2.45) is 0 Å². The molecule has 1 aromatic carbocycles. The topological polar surface area (TPSA) is 112 Å². The summed E-state index contributed by atoms with van der Waals surface area (Å²) in [5, 5.41) is 10.2. The van der Waals surface area contributed by atoms with Crippen molar-refractivity contribution in [3.63, 3.8) is 0 Å². The van der Waals surface area contributed by atoms with Crippen molar-refractivity contribution in [3.8, 4) is 6.07 Å². The molecule has 0 saturated heterocycles. The number of aromatic amines is 1. The lowest BCUT2D eigenvalue weighted by Gasteiger charge is -2.10. The summed E-state index contributed by atoms with van der Waals surface area (Å²) >= 11 is 10.5. The highest BCUT2D eigenvalue weighted by atomic mass is 79.9. The van der Waals surface area contributed by atoms with E-state index >= 15 is 0 Å². The van der Waals surface area contributed by atoms with Crippen LogP contribution in [0.15, 0.2) is 38.8 Å². The first kappa shape index (κ1) is 18.5. The van der Waals surface area contributed by atoms with Crippen molar-refractivity contribution >= 4 is 56.0 Å². The van der Waals surface area contributed by atoms with Gasteiger partial charge in [0, 0.05) is 4.47 Å². The summed E-state index contributed by atoms with van der Waals surface area (Å²) in [6, 6.07) is 6.82. The number of carbonyl (C=O) groups excluding carboxylic acids is 1. The number of nitriles is 1. The molecule has 26 heavy (non-hydrogen) atoms. The van der Waals surface area contributed by atoms with Gasteiger partial charge in [-0.15, -0.1) is 0 Å². The van der Waals surface area contributed by atoms with Crippen LogP contribution in [0.3, 0.4) is 0 Å². The highest BCUT2D eigenvalue weighted by Crippen LogP contribution is 2.24. The van der Waals surface area contributed by atoms with Crippen LogP contribution in [-0.2, 0) is 0 Å². The summed E-state index contributed by atoms with van der Waals surface area (Å²) < 4.78 is 0.718. The molecule has 0 aliphatic heterocycles. The Hall–Kier alpha value is -2.28. The number of aromatic nitrogens is 4. The van der Waals surface area contributed by atoms with E-state index in [2.05, 4.69) is 35.9 Å². The Balaban J connectivity index is 2.11. The molecule has 3 rings (SSSR count). The Labute approximate surface area is 165 Å². The molecule has 1 atom stereocenters. The summed E-state index contributed by atoms with van der Waals surface area (Å²) in [7, 11) is 0. The third kappa shape index (κ3) is 3.49. The molecular formula is C16H9BrClN5O2S. The fourth-order valence-corrected chi connectivity index (χ4v) is 3.15. The average Bonchev–Trinajstić information content (AvgIpc) is 2.63. The van der Waals surface area contributed by atoms with Crippen molar-refractivity contribution in [1.82, 2.24) is 19.9 Å². The van der Waals surface area contributed by atoms with E-state index in [0.717, 1.165) is 4.47 Å². The number of hydrogen-bond acceptors (Lipinski definition) is 7. The molecule has 130 valence electrons. The lowest BCUT2D eigenvalue weighted by molar-refractivity contribution is 0.0970. The quantitative estimate of drug-likeness (QED) is 0.368. The molecule has 1 N–H and O–H groups in total. The molecule has 0 aliphatic rings. The number of nitrogens with one attached hydrogen (secondary N) is 1. The zero-order valence-corrected chi connectivity index (χ0v) is 16.3. The van der Waals surface area contributed by atoms with Gasteiger partial charge in [-0.1, -0.05) is 39.3 Å². The van der Waals surface area contributed by atoms with E-state index in [0.29, 0.717) is 16.1 Å². The van der Waals surface area contributed by atoms with Crippen LogP contribution in [-0.4, -0.2) is 32.0 Å². The van der Waals surface area contributed by atoms with Gasteiger partial charge in [-0.2, -0.15) is 5.26 Å². The monoisotopic (exact) mass is 449 g/mol. The second kappa shape index (κ2) is 7.53. The van der Waals surface area contributed by atoms with E-state index < -0.39 is 17.3 Å². The first-order valence-corrected chi connectivity index (χ1v) is 9.54. The minimum atomic E-state index is -1.35. The number of ketones is 1. The Kier molecular flexibility index (Phi) is 5.36. The molecular weight excluding hydrogens is 442 g/mol. The van der Waals surface area contributed by atoms with E-state index in [4.69, 9.17) is 11.6 Å². The van der Waals surface area contributed by atoms with Crippen LogP contribution >= 0.6 is 39.3 Å². The third-order valence-corrected chi connectivity index (χ3v) is 4.82. The van der Waals surface area contributed by atoms with Crippen molar-refractivity contribution < 1.29 is 4.79 Å². The van der Waals surface area contributed by atoms with E-state index in [9.17, 15) is 14.9 Å². The minimum Gasteiger partial charge on any atom is -0.308 e. The van der Waals surface area contributed by atoms with Gasteiger partial charge in [0.2, 0.25) is 5.78 Å². The zero-order valence-electron chi connectivity index (χ0n) is 13.2. The Bertz CT molecular complexity index is 1130. The van der Waals surface area contributed by atoms with Crippen molar-refractivity contribution in [3.05, 3.63) is 55.8 Å². The molecule has 2 heterocycles. The standard InChI is InChI=1S/C16H9BrClN5O2S/c1-26-16-20-6-10(18)12(22-16)13(24)9(5-19)14-21-11-3-2-7(17)4-8(11)15(25)23-14/h2-4,6,9H,1H3,(H,21,23,25)/t9-/m0/s1. The largest absolute Gasteiger partial charge is 0.308 e. The number of fused-ring (bicyclic) bond motifs is 1. The Morgan fingerprint density at radius 3 is 2.88 bits per heavy atom. The molecule has 2 aromatic heterocycles. The molecule has 7 nitrogen and oxygen atoms in total. The number of carbonyl (C=O) groups is 1. The smallest absolute Gasteiger partial charge is 0.258 e. The Morgan fingerprint density at radius 1 is 1.42 bits per heavy atom. The first-order valence-electron chi connectivity index (χ1n) is 7.14. The van der Waals surface area contributed by atoms with Crippen molar-refractivity contribution in [2.45, 2.75) is 11.1 Å². The molecule has 0 radical (unpaired) electrons. The number of benzene rings is 1. The van der Waals surface area contributed by atoms with Crippen LogP contribution in [0.25, 0.3) is 10.9 Å². The molecule has 0 amide bonds. The van der Waals surface area contributed by atoms with E-state index in [1.54, 1.807) is 24.5 Å². The lowest BCUT2D eigenvalue weighted by atomic mass is 10.0. The summed E-state index contributed by atoms with van der Waals surface area (Å²) in [6.07, 6.45) is 3.05. The SMILES string of the molecule is CSc1ncc(Cl)c(C(=O)[C@H](C#N)c2nc3ccc(Br)cc3c(=O)[nH]2)n1. The van der Waals surface area contributed by atoms with E-state index in [1.165, 1.54) is 18.0 Å². The van der Waals surface area contributed by atoms with Gasteiger partial charge in [-0.3, -0.25) is 9.59 Å². The second-order valence-corrected chi connectivity index (χ2v) is 7.19. The number of halogens is 2. The predicted molar refractivity (Wildman–Crippen MR) is 102 cm³/mol. The highest BCUT2D eigenvalue weighted by Gasteiger charge is 2.28. The van der Waals surface area contributed by atoms with E-state index in [-0.39, 0.29) is 16.5 Å². The number of rotatable bonds is 4. The molecule has 0 saturated carbocycles.